The molecule has 0 saturated heterocycles. The highest BCUT2D eigenvalue weighted by atomic mass is 32.2. The van der Waals surface area contributed by atoms with E-state index in [1.165, 1.54) is 6.08 Å². The normalized spacial score (nSPS) is 24.5. The van der Waals surface area contributed by atoms with Gasteiger partial charge < -0.3 is 9.29 Å². The van der Waals surface area contributed by atoms with Crippen LogP contribution in [0.3, 0.4) is 0 Å². The van der Waals surface area contributed by atoms with Crippen LogP contribution < -0.4 is 0 Å². The first-order chi connectivity index (χ1) is 10.3. The Bertz CT molecular complexity index is 510. The van der Waals surface area contributed by atoms with Crippen molar-refractivity contribution in [3.63, 3.8) is 0 Å². The Morgan fingerprint density at radius 2 is 2.27 bits per heavy atom. The molecular weight excluding hydrogens is 298 g/mol. The molecule has 0 spiro atoms. The van der Waals surface area contributed by atoms with E-state index in [2.05, 4.69) is 22.8 Å². The van der Waals surface area contributed by atoms with E-state index >= 15 is 0 Å². The number of rotatable bonds is 5. The van der Waals surface area contributed by atoms with E-state index in [9.17, 15) is 9.35 Å². The lowest BCUT2D eigenvalue weighted by molar-refractivity contribution is -0.150. The van der Waals surface area contributed by atoms with Crippen LogP contribution in [-0.4, -0.2) is 27.6 Å². The van der Waals surface area contributed by atoms with Gasteiger partial charge in [0.15, 0.2) is 0 Å². The third-order valence-electron chi connectivity index (χ3n) is 3.58. The Balaban J connectivity index is 3.16. The lowest BCUT2D eigenvalue weighted by Crippen LogP contribution is -2.38. The van der Waals surface area contributed by atoms with Gasteiger partial charge in [0.05, 0.1) is 5.71 Å². The van der Waals surface area contributed by atoms with E-state index < -0.39 is 21.5 Å². The molecule has 0 aromatic heterocycles. The highest BCUT2D eigenvalue weighted by molar-refractivity contribution is 7.91. The fourth-order valence-corrected chi connectivity index (χ4v) is 3.05. The first kappa shape index (κ1) is 18.8. The summed E-state index contributed by atoms with van der Waals surface area (Å²) in [6, 6.07) is 0. The maximum absolute atomic E-state index is 12.6. The summed E-state index contributed by atoms with van der Waals surface area (Å²) in [6.45, 7) is 11.1. The highest BCUT2D eigenvalue weighted by Gasteiger charge is 2.49. The molecule has 0 aromatic rings. The summed E-state index contributed by atoms with van der Waals surface area (Å²) >= 11 is -1.39. The number of ether oxygens (including phenoxy) is 1. The molecule has 22 heavy (non-hydrogen) atoms. The summed E-state index contributed by atoms with van der Waals surface area (Å²) in [6.07, 6.45) is 4.03. The van der Waals surface area contributed by atoms with Gasteiger partial charge in [-0.05, 0) is 47.0 Å². The molecule has 1 fully saturated rings. The molecule has 1 rings (SSSR count). The number of nitrogens with zero attached hydrogens (tertiary/aromatic N) is 1. The first-order valence-electron chi connectivity index (χ1n) is 7.45. The average molecular weight is 323 g/mol. The predicted molar refractivity (Wildman–Crippen MR) is 90.8 cm³/mol. The molecule has 0 radical (unpaired) electrons. The van der Waals surface area contributed by atoms with Crippen LogP contribution in [0.25, 0.3) is 0 Å². The van der Waals surface area contributed by atoms with Crippen molar-refractivity contribution in [2.75, 3.05) is 6.61 Å². The van der Waals surface area contributed by atoms with E-state index in [1.54, 1.807) is 6.92 Å². The smallest absolute Gasteiger partial charge is 0.319 e. The van der Waals surface area contributed by atoms with Crippen LogP contribution >= 0.6 is 0 Å². The Labute approximate surface area is 136 Å². The van der Waals surface area contributed by atoms with Crippen molar-refractivity contribution in [2.24, 2.45) is 9.81 Å². The van der Waals surface area contributed by atoms with Crippen molar-refractivity contribution in [3.8, 4) is 11.8 Å². The van der Waals surface area contributed by atoms with Crippen molar-refractivity contribution in [3.05, 3.63) is 12.7 Å². The number of esters is 1. The minimum absolute atomic E-state index is 0.162. The molecular formula is C17H25NO3S. The summed E-state index contributed by atoms with van der Waals surface area (Å²) in [5.74, 6) is 5.46. The maximum Gasteiger partial charge on any atom is 0.319 e. The summed E-state index contributed by atoms with van der Waals surface area (Å²) in [5.41, 5.74) is -0.190. The Hall–Kier alpha value is -1.25. The number of carbonyl (C=O) groups is 1. The molecule has 0 aliphatic heterocycles. The van der Waals surface area contributed by atoms with Crippen molar-refractivity contribution in [2.45, 2.75) is 58.1 Å². The topological polar surface area (TPSA) is 61.7 Å². The first-order valence-corrected chi connectivity index (χ1v) is 8.56. The summed E-state index contributed by atoms with van der Waals surface area (Å²) in [5, 5.41) is 0. The van der Waals surface area contributed by atoms with Crippen LogP contribution in [0.4, 0.5) is 0 Å². The highest BCUT2D eigenvalue weighted by Crippen LogP contribution is 2.41. The van der Waals surface area contributed by atoms with Gasteiger partial charge in [0.2, 0.25) is 0 Å². The second kappa shape index (κ2) is 7.85. The molecule has 0 N–H and O–H groups in total. The molecule has 1 aliphatic carbocycles. The molecule has 2 atom stereocenters. The fourth-order valence-electron chi connectivity index (χ4n) is 2.31. The summed E-state index contributed by atoms with van der Waals surface area (Å²) in [7, 11) is 0. The van der Waals surface area contributed by atoms with Crippen LogP contribution in [0.5, 0.6) is 0 Å². The largest absolute Gasteiger partial charge is 0.591 e. The fraction of sp³-hybridized carbons (Fsp3) is 0.647. The Morgan fingerprint density at radius 3 is 2.82 bits per heavy atom. The molecule has 0 bridgehead atoms. The predicted octanol–water partition coefficient (Wildman–Crippen LogP) is 3.20. The summed E-state index contributed by atoms with van der Waals surface area (Å²) in [4.78, 5) is 12.6. The Morgan fingerprint density at radius 1 is 1.59 bits per heavy atom. The number of hydrogen-bond donors (Lipinski definition) is 0. The molecule has 1 unspecified atom stereocenters. The quantitative estimate of drug-likeness (QED) is 0.338. The molecule has 5 heteroatoms. The lowest BCUT2D eigenvalue weighted by atomic mass is 9.81. The van der Waals surface area contributed by atoms with E-state index in [4.69, 9.17) is 4.74 Å². The van der Waals surface area contributed by atoms with E-state index in [1.807, 2.05) is 20.8 Å². The van der Waals surface area contributed by atoms with Crippen LogP contribution in [0.1, 0.15) is 53.4 Å². The third-order valence-corrected chi connectivity index (χ3v) is 5.01. The Kier molecular flexibility index (Phi) is 6.70. The lowest BCUT2D eigenvalue weighted by Gasteiger charge is -2.26. The SMILES string of the molecule is C=CCOC(=O)[C@]1(CC#CC)CCC/C1=N\[S+]([O-])C(C)(C)C. The van der Waals surface area contributed by atoms with Gasteiger partial charge in [0, 0.05) is 6.42 Å². The van der Waals surface area contributed by atoms with Crippen LogP contribution in [0, 0.1) is 17.3 Å². The van der Waals surface area contributed by atoms with Gasteiger partial charge >= 0.3 is 5.97 Å². The minimum Gasteiger partial charge on any atom is -0.591 e. The van der Waals surface area contributed by atoms with Crippen molar-refractivity contribution in [1.82, 2.24) is 0 Å². The molecule has 0 heterocycles. The molecule has 0 amide bonds. The van der Waals surface area contributed by atoms with E-state index in [-0.39, 0.29) is 12.6 Å². The van der Waals surface area contributed by atoms with Gasteiger partial charge in [-0.2, -0.15) is 0 Å². The zero-order valence-electron chi connectivity index (χ0n) is 13.9. The van der Waals surface area contributed by atoms with E-state index in [0.717, 1.165) is 6.42 Å². The van der Waals surface area contributed by atoms with Crippen LogP contribution in [-0.2, 0) is 20.9 Å². The van der Waals surface area contributed by atoms with Crippen LogP contribution in [0.2, 0.25) is 0 Å². The second-order valence-electron chi connectivity index (χ2n) is 6.33. The molecule has 1 saturated carbocycles. The average Bonchev–Trinajstić information content (AvgIpc) is 2.85. The monoisotopic (exact) mass is 323 g/mol. The maximum atomic E-state index is 12.6. The number of hydrogen-bond acceptors (Lipinski definition) is 4. The standard InChI is InChI=1S/C17H25NO3S/c1-6-8-11-17(15(19)21-13-7-2)12-9-10-14(17)18-22(20)16(3,4)5/h7H,2,9-13H2,1,3-5H3/b18-14+/t17-,22?/m1/s1. The molecule has 122 valence electrons. The van der Waals surface area contributed by atoms with Gasteiger partial charge in [0.1, 0.15) is 28.1 Å². The van der Waals surface area contributed by atoms with Gasteiger partial charge in [-0.15, -0.1) is 11.8 Å². The van der Waals surface area contributed by atoms with Crippen molar-refractivity contribution >= 4 is 23.0 Å². The zero-order chi connectivity index (χ0) is 16.8. The minimum atomic E-state index is -1.39. The van der Waals surface area contributed by atoms with Crippen LogP contribution in [0.15, 0.2) is 17.1 Å². The van der Waals surface area contributed by atoms with Gasteiger partial charge in [-0.1, -0.05) is 17.1 Å². The van der Waals surface area contributed by atoms with Gasteiger partial charge in [0.25, 0.3) is 0 Å². The summed E-state index contributed by atoms with van der Waals surface area (Å²) < 4.78 is 21.5. The number of carbonyl (C=O) groups excluding carboxylic acids is 1. The van der Waals surface area contributed by atoms with E-state index in [0.29, 0.717) is 25.0 Å². The second-order valence-corrected chi connectivity index (χ2v) is 8.23. The molecule has 4 nitrogen and oxygen atoms in total. The molecule has 0 aromatic carbocycles. The third kappa shape index (κ3) is 4.37. The van der Waals surface area contributed by atoms with Gasteiger partial charge in [-0.25, -0.2) is 0 Å². The molecule has 1 aliphatic rings. The zero-order valence-corrected chi connectivity index (χ0v) is 14.7. The van der Waals surface area contributed by atoms with Crippen molar-refractivity contribution in [1.29, 1.82) is 0 Å². The van der Waals surface area contributed by atoms with Gasteiger partial charge in [-0.3, -0.25) is 4.79 Å². The van der Waals surface area contributed by atoms with Crippen molar-refractivity contribution < 1.29 is 14.1 Å².